The zero-order chi connectivity index (χ0) is 13.9. The van der Waals surface area contributed by atoms with Crippen molar-refractivity contribution >= 4 is 16.8 Å². The molecular formula is C16H15FN2O. The smallest absolute Gasteiger partial charge is 0.197 e. The highest BCUT2D eigenvalue weighted by Gasteiger charge is 2.06. The number of benzene rings is 2. The normalized spacial score (nSPS) is 10.9. The molecule has 0 saturated heterocycles. The summed E-state index contributed by atoms with van der Waals surface area (Å²) in [6, 6.07) is 12.5. The molecule has 2 aromatic carbocycles. The Kier molecular flexibility index (Phi) is 3.37. The number of aromatic nitrogens is 1. The molecule has 0 aliphatic rings. The Morgan fingerprint density at radius 3 is 2.90 bits per heavy atom. The van der Waals surface area contributed by atoms with Gasteiger partial charge in [0.15, 0.2) is 11.5 Å². The Balaban J connectivity index is 1.67. The van der Waals surface area contributed by atoms with Crippen LogP contribution in [-0.2, 0) is 6.42 Å². The maximum absolute atomic E-state index is 13.1. The molecule has 1 N–H and O–H groups in total. The standard InChI is InChI=1S/C16H15FN2O/c1-11-4-2-3-5-13(11)18-9-8-16-19-14-7-6-12(17)10-15(14)20-16/h2-7,10,18H,8-9H2,1H3. The van der Waals surface area contributed by atoms with Crippen LogP contribution in [0.1, 0.15) is 11.5 Å². The van der Waals surface area contributed by atoms with E-state index >= 15 is 0 Å². The molecule has 0 bridgehead atoms. The van der Waals surface area contributed by atoms with Gasteiger partial charge in [-0.25, -0.2) is 9.37 Å². The van der Waals surface area contributed by atoms with Crippen LogP contribution in [0.15, 0.2) is 46.9 Å². The number of para-hydroxylation sites is 1. The van der Waals surface area contributed by atoms with Crippen molar-refractivity contribution in [3.8, 4) is 0 Å². The average Bonchev–Trinajstić information content (AvgIpc) is 2.83. The van der Waals surface area contributed by atoms with E-state index in [2.05, 4.69) is 23.3 Å². The van der Waals surface area contributed by atoms with E-state index in [-0.39, 0.29) is 5.82 Å². The molecule has 3 nitrogen and oxygen atoms in total. The second kappa shape index (κ2) is 5.33. The number of nitrogens with zero attached hydrogens (tertiary/aromatic N) is 1. The van der Waals surface area contributed by atoms with Gasteiger partial charge in [0.2, 0.25) is 0 Å². The summed E-state index contributed by atoms with van der Waals surface area (Å²) in [4.78, 5) is 4.33. The van der Waals surface area contributed by atoms with E-state index in [1.165, 1.54) is 17.7 Å². The summed E-state index contributed by atoms with van der Waals surface area (Å²) in [6.45, 7) is 2.78. The van der Waals surface area contributed by atoms with E-state index in [0.717, 1.165) is 12.2 Å². The molecule has 0 atom stereocenters. The zero-order valence-electron chi connectivity index (χ0n) is 11.2. The van der Waals surface area contributed by atoms with Crippen LogP contribution in [0.25, 0.3) is 11.1 Å². The first-order valence-electron chi connectivity index (χ1n) is 6.57. The number of rotatable bonds is 4. The van der Waals surface area contributed by atoms with Gasteiger partial charge in [0.25, 0.3) is 0 Å². The van der Waals surface area contributed by atoms with Gasteiger partial charge < -0.3 is 9.73 Å². The summed E-state index contributed by atoms with van der Waals surface area (Å²) < 4.78 is 18.6. The fourth-order valence-electron chi connectivity index (χ4n) is 2.13. The summed E-state index contributed by atoms with van der Waals surface area (Å²) in [5.74, 6) is 0.310. The average molecular weight is 270 g/mol. The fraction of sp³-hybridized carbons (Fsp3) is 0.188. The Morgan fingerprint density at radius 1 is 1.20 bits per heavy atom. The molecule has 1 heterocycles. The van der Waals surface area contributed by atoms with Gasteiger partial charge in [0.05, 0.1) is 0 Å². The molecule has 0 saturated carbocycles. The van der Waals surface area contributed by atoms with Gasteiger partial charge >= 0.3 is 0 Å². The van der Waals surface area contributed by atoms with E-state index in [9.17, 15) is 4.39 Å². The molecule has 3 rings (SSSR count). The largest absolute Gasteiger partial charge is 0.441 e. The van der Waals surface area contributed by atoms with Gasteiger partial charge in [-0.3, -0.25) is 0 Å². The van der Waals surface area contributed by atoms with E-state index in [1.54, 1.807) is 6.07 Å². The Morgan fingerprint density at radius 2 is 2.05 bits per heavy atom. The van der Waals surface area contributed by atoms with Crippen molar-refractivity contribution in [3.05, 3.63) is 59.7 Å². The molecule has 1 aromatic heterocycles. The van der Waals surface area contributed by atoms with Crippen molar-refractivity contribution < 1.29 is 8.81 Å². The number of anilines is 1. The van der Waals surface area contributed by atoms with Crippen LogP contribution in [0.2, 0.25) is 0 Å². The van der Waals surface area contributed by atoms with Crippen molar-refractivity contribution in [1.82, 2.24) is 4.98 Å². The minimum Gasteiger partial charge on any atom is -0.441 e. The highest BCUT2D eigenvalue weighted by Crippen LogP contribution is 2.17. The van der Waals surface area contributed by atoms with Gasteiger partial charge in [0.1, 0.15) is 11.3 Å². The summed E-state index contributed by atoms with van der Waals surface area (Å²) >= 11 is 0. The second-order valence-corrected chi connectivity index (χ2v) is 4.71. The van der Waals surface area contributed by atoms with Crippen LogP contribution < -0.4 is 5.32 Å². The van der Waals surface area contributed by atoms with Gasteiger partial charge in [-0.1, -0.05) is 18.2 Å². The second-order valence-electron chi connectivity index (χ2n) is 4.71. The number of fused-ring (bicyclic) bond motifs is 1. The van der Waals surface area contributed by atoms with E-state index in [1.807, 2.05) is 18.2 Å². The molecule has 20 heavy (non-hydrogen) atoms. The molecular weight excluding hydrogens is 255 g/mol. The number of hydrogen-bond acceptors (Lipinski definition) is 3. The fourth-order valence-corrected chi connectivity index (χ4v) is 2.13. The number of oxazole rings is 1. The SMILES string of the molecule is Cc1ccccc1NCCc1nc2ccc(F)cc2o1. The summed E-state index contributed by atoms with van der Waals surface area (Å²) in [5, 5.41) is 3.34. The number of aryl methyl sites for hydroxylation is 1. The maximum Gasteiger partial charge on any atom is 0.197 e. The number of hydrogen-bond donors (Lipinski definition) is 1. The molecule has 0 aliphatic carbocycles. The molecule has 0 radical (unpaired) electrons. The van der Waals surface area contributed by atoms with Crippen molar-refractivity contribution in [1.29, 1.82) is 0 Å². The monoisotopic (exact) mass is 270 g/mol. The maximum atomic E-state index is 13.1. The van der Waals surface area contributed by atoms with Crippen LogP contribution in [-0.4, -0.2) is 11.5 Å². The van der Waals surface area contributed by atoms with Crippen molar-refractivity contribution in [2.24, 2.45) is 0 Å². The lowest BCUT2D eigenvalue weighted by Crippen LogP contribution is -2.05. The van der Waals surface area contributed by atoms with E-state index in [4.69, 9.17) is 4.42 Å². The Hall–Kier alpha value is -2.36. The van der Waals surface area contributed by atoms with Gasteiger partial charge in [-0.2, -0.15) is 0 Å². The summed E-state index contributed by atoms with van der Waals surface area (Å²) in [6.07, 6.45) is 0.657. The van der Waals surface area contributed by atoms with Gasteiger partial charge in [-0.15, -0.1) is 0 Å². The first-order valence-corrected chi connectivity index (χ1v) is 6.57. The van der Waals surface area contributed by atoms with Crippen molar-refractivity contribution in [3.63, 3.8) is 0 Å². The third-order valence-corrected chi connectivity index (χ3v) is 3.19. The lowest BCUT2D eigenvalue weighted by Gasteiger charge is -2.07. The van der Waals surface area contributed by atoms with Gasteiger partial charge in [-0.05, 0) is 30.7 Å². The minimum atomic E-state index is -0.307. The molecule has 4 heteroatoms. The molecule has 0 aliphatic heterocycles. The topological polar surface area (TPSA) is 38.1 Å². The highest BCUT2D eigenvalue weighted by atomic mass is 19.1. The van der Waals surface area contributed by atoms with Crippen LogP contribution in [0, 0.1) is 12.7 Å². The van der Waals surface area contributed by atoms with E-state index < -0.39 is 0 Å². The molecule has 3 aromatic rings. The van der Waals surface area contributed by atoms with Gasteiger partial charge in [0, 0.05) is 24.7 Å². The lowest BCUT2D eigenvalue weighted by atomic mass is 10.2. The van der Waals surface area contributed by atoms with Crippen molar-refractivity contribution in [2.45, 2.75) is 13.3 Å². The molecule has 102 valence electrons. The molecule has 0 unspecified atom stereocenters. The molecule has 0 fully saturated rings. The minimum absolute atomic E-state index is 0.307. The Bertz CT molecular complexity index is 736. The zero-order valence-corrected chi connectivity index (χ0v) is 11.2. The predicted octanol–water partition coefficient (Wildman–Crippen LogP) is 3.93. The quantitative estimate of drug-likeness (QED) is 0.780. The van der Waals surface area contributed by atoms with E-state index in [0.29, 0.717) is 23.4 Å². The van der Waals surface area contributed by atoms with Crippen LogP contribution in [0.4, 0.5) is 10.1 Å². The van der Waals surface area contributed by atoms with Crippen LogP contribution in [0.5, 0.6) is 0 Å². The number of nitrogens with one attached hydrogen (secondary N) is 1. The molecule has 0 spiro atoms. The number of halogens is 1. The lowest BCUT2D eigenvalue weighted by molar-refractivity contribution is 0.530. The van der Waals surface area contributed by atoms with Crippen LogP contribution >= 0.6 is 0 Å². The first-order chi connectivity index (χ1) is 9.72. The highest BCUT2D eigenvalue weighted by molar-refractivity contribution is 5.72. The van der Waals surface area contributed by atoms with Crippen molar-refractivity contribution in [2.75, 3.05) is 11.9 Å². The first kappa shape index (κ1) is 12.7. The molecule has 0 amide bonds. The summed E-state index contributed by atoms with van der Waals surface area (Å²) in [5.41, 5.74) is 3.50. The predicted molar refractivity (Wildman–Crippen MR) is 77.3 cm³/mol. The summed E-state index contributed by atoms with van der Waals surface area (Å²) in [7, 11) is 0. The van der Waals surface area contributed by atoms with Crippen LogP contribution in [0.3, 0.4) is 0 Å². The third-order valence-electron chi connectivity index (χ3n) is 3.19. The Labute approximate surface area is 116 Å². The third kappa shape index (κ3) is 2.64.